The fraction of sp³-hybridized carbons (Fsp3) is 0.867. The summed E-state index contributed by atoms with van der Waals surface area (Å²) in [6, 6.07) is 0.976. The monoisotopic (exact) mass is 297 g/mol. The molecule has 0 spiro atoms. The maximum absolute atomic E-state index is 11.6. The van der Waals surface area contributed by atoms with Crippen molar-refractivity contribution in [1.82, 2.24) is 15.1 Å². The van der Waals surface area contributed by atoms with Crippen molar-refractivity contribution in [3.63, 3.8) is 0 Å². The molecule has 0 radical (unpaired) electrons. The lowest BCUT2D eigenvalue weighted by molar-refractivity contribution is -0.129. The molecule has 2 fully saturated rings. The van der Waals surface area contributed by atoms with Gasteiger partial charge in [0, 0.05) is 45.2 Å². The minimum atomic E-state index is -0.189. The fourth-order valence-electron chi connectivity index (χ4n) is 3.14. The number of nitrogens with one attached hydrogen (secondary N) is 1. The molecule has 2 amide bonds. The highest BCUT2D eigenvalue weighted by atomic mass is 16.6. The standard InChI is InChI=1S/C15H27N3O3/c1-3-21-15(20)18-10-6-14(7-11-18)16-13-4-8-17(9-5-13)12(2)19/h13-14,16H,3-11H2,1-2H3. The molecule has 0 aliphatic carbocycles. The molecule has 0 atom stereocenters. The normalized spacial score (nSPS) is 21.4. The van der Waals surface area contributed by atoms with Crippen molar-refractivity contribution < 1.29 is 14.3 Å². The van der Waals surface area contributed by atoms with Crippen LogP contribution in [-0.4, -0.2) is 66.7 Å². The number of carbonyl (C=O) groups excluding carboxylic acids is 2. The molecular formula is C15H27N3O3. The number of ether oxygens (including phenoxy) is 1. The summed E-state index contributed by atoms with van der Waals surface area (Å²) in [5.74, 6) is 0.177. The maximum Gasteiger partial charge on any atom is 0.409 e. The van der Waals surface area contributed by atoms with Crippen LogP contribution in [0.2, 0.25) is 0 Å². The van der Waals surface area contributed by atoms with Crippen LogP contribution in [0.4, 0.5) is 4.79 Å². The third kappa shape index (κ3) is 4.59. The average Bonchev–Trinajstić information content (AvgIpc) is 2.49. The second-order valence-electron chi connectivity index (χ2n) is 5.91. The van der Waals surface area contributed by atoms with E-state index < -0.39 is 0 Å². The van der Waals surface area contributed by atoms with Gasteiger partial charge in [-0.15, -0.1) is 0 Å². The van der Waals surface area contributed by atoms with E-state index in [0.29, 0.717) is 18.7 Å². The fourth-order valence-corrected chi connectivity index (χ4v) is 3.14. The second-order valence-corrected chi connectivity index (χ2v) is 5.91. The molecule has 21 heavy (non-hydrogen) atoms. The highest BCUT2D eigenvalue weighted by molar-refractivity contribution is 5.73. The topological polar surface area (TPSA) is 61.9 Å². The number of likely N-dealkylation sites (tertiary alicyclic amines) is 2. The minimum Gasteiger partial charge on any atom is -0.450 e. The van der Waals surface area contributed by atoms with Crippen LogP contribution >= 0.6 is 0 Å². The van der Waals surface area contributed by atoms with Crippen molar-refractivity contribution in [3.05, 3.63) is 0 Å². The van der Waals surface area contributed by atoms with Crippen LogP contribution in [0.3, 0.4) is 0 Å². The van der Waals surface area contributed by atoms with Crippen LogP contribution in [0, 0.1) is 0 Å². The van der Waals surface area contributed by atoms with E-state index in [1.54, 1.807) is 11.8 Å². The van der Waals surface area contributed by atoms with Gasteiger partial charge in [-0.1, -0.05) is 0 Å². The second kappa shape index (κ2) is 7.64. The molecule has 2 heterocycles. The first-order valence-corrected chi connectivity index (χ1v) is 8.03. The third-order valence-electron chi connectivity index (χ3n) is 4.43. The zero-order valence-corrected chi connectivity index (χ0v) is 13.1. The highest BCUT2D eigenvalue weighted by Gasteiger charge is 2.27. The van der Waals surface area contributed by atoms with Crippen LogP contribution in [0.5, 0.6) is 0 Å². The Morgan fingerprint density at radius 3 is 1.90 bits per heavy atom. The zero-order chi connectivity index (χ0) is 15.2. The lowest BCUT2D eigenvalue weighted by atomic mass is 9.99. The Kier molecular flexibility index (Phi) is 5.85. The molecule has 2 aliphatic rings. The van der Waals surface area contributed by atoms with E-state index >= 15 is 0 Å². The van der Waals surface area contributed by atoms with Gasteiger partial charge >= 0.3 is 6.09 Å². The van der Waals surface area contributed by atoms with Crippen LogP contribution in [0.1, 0.15) is 39.5 Å². The number of amides is 2. The molecule has 1 N–H and O–H groups in total. The smallest absolute Gasteiger partial charge is 0.409 e. The van der Waals surface area contributed by atoms with E-state index in [2.05, 4.69) is 5.32 Å². The predicted molar refractivity (Wildman–Crippen MR) is 80.0 cm³/mol. The Morgan fingerprint density at radius 1 is 1.00 bits per heavy atom. The summed E-state index contributed by atoms with van der Waals surface area (Å²) in [5.41, 5.74) is 0. The van der Waals surface area contributed by atoms with Gasteiger partial charge in [-0.2, -0.15) is 0 Å². The average molecular weight is 297 g/mol. The number of carbonyl (C=O) groups is 2. The number of hydrogen-bond donors (Lipinski definition) is 1. The summed E-state index contributed by atoms with van der Waals surface area (Å²) < 4.78 is 5.03. The molecule has 0 aromatic carbocycles. The number of rotatable bonds is 3. The van der Waals surface area contributed by atoms with E-state index in [4.69, 9.17) is 4.74 Å². The van der Waals surface area contributed by atoms with Crippen LogP contribution < -0.4 is 5.32 Å². The van der Waals surface area contributed by atoms with Crippen molar-refractivity contribution in [2.24, 2.45) is 0 Å². The summed E-state index contributed by atoms with van der Waals surface area (Å²) >= 11 is 0. The minimum absolute atomic E-state index is 0.177. The molecule has 120 valence electrons. The Hall–Kier alpha value is -1.30. The summed E-state index contributed by atoms with van der Waals surface area (Å²) in [6.07, 6.45) is 3.82. The van der Waals surface area contributed by atoms with Gasteiger partial charge in [0.15, 0.2) is 0 Å². The van der Waals surface area contributed by atoms with Crippen molar-refractivity contribution in [1.29, 1.82) is 0 Å². The first-order chi connectivity index (χ1) is 10.1. The highest BCUT2D eigenvalue weighted by Crippen LogP contribution is 2.16. The van der Waals surface area contributed by atoms with E-state index in [1.807, 2.05) is 11.8 Å². The molecule has 0 aromatic rings. The van der Waals surface area contributed by atoms with Gasteiger partial charge in [-0.3, -0.25) is 4.79 Å². The van der Waals surface area contributed by atoms with Crippen molar-refractivity contribution >= 4 is 12.0 Å². The third-order valence-corrected chi connectivity index (χ3v) is 4.43. The number of piperidine rings is 2. The maximum atomic E-state index is 11.6. The lowest BCUT2D eigenvalue weighted by Crippen LogP contribution is -2.51. The summed E-state index contributed by atoms with van der Waals surface area (Å²) in [4.78, 5) is 26.7. The molecule has 0 bridgehead atoms. The van der Waals surface area contributed by atoms with E-state index in [9.17, 15) is 9.59 Å². The Bertz CT molecular complexity index is 359. The van der Waals surface area contributed by atoms with Crippen LogP contribution in [0.15, 0.2) is 0 Å². The molecule has 0 saturated carbocycles. The van der Waals surface area contributed by atoms with Crippen molar-refractivity contribution in [2.45, 2.75) is 51.6 Å². The SMILES string of the molecule is CCOC(=O)N1CCC(NC2CCN(C(C)=O)CC2)CC1. The van der Waals surface area contributed by atoms with Crippen LogP contribution in [-0.2, 0) is 9.53 Å². The number of nitrogens with zero attached hydrogens (tertiary/aromatic N) is 2. The molecule has 2 aliphatic heterocycles. The Morgan fingerprint density at radius 2 is 1.48 bits per heavy atom. The van der Waals surface area contributed by atoms with Gasteiger partial charge in [-0.05, 0) is 32.6 Å². The molecule has 0 unspecified atom stereocenters. The Balaban J connectivity index is 1.67. The van der Waals surface area contributed by atoms with E-state index in [0.717, 1.165) is 51.9 Å². The molecule has 6 heteroatoms. The van der Waals surface area contributed by atoms with Gasteiger partial charge in [0.2, 0.25) is 5.91 Å². The number of hydrogen-bond acceptors (Lipinski definition) is 4. The van der Waals surface area contributed by atoms with Gasteiger partial charge < -0.3 is 19.9 Å². The van der Waals surface area contributed by atoms with Gasteiger partial charge in [0.1, 0.15) is 0 Å². The largest absolute Gasteiger partial charge is 0.450 e. The van der Waals surface area contributed by atoms with Gasteiger partial charge in [0.25, 0.3) is 0 Å². The van der Waals surface area contributed by atoms with E-state index in [-0.39, 0.29) is 12.0 Å². The summed E-state index contributed by atoms with van der Waals surface area (Å²) in [6.45, 7) is 7.15. The Labute approximate surface area is 126 Å². The summed E-state index contributed by atoms with van der Waals surface area (Å²) in [7, 11) is 0. The molecule has 2 rings (SSSR count). The van der Waals surface area contributed by atoms with E-state index in [1.165, 1.54) is 0 Å². The van der Waals surface area contributed by atoms with Gasteiger partial charge in [0.05, 0.1) is 6.61 Å². The van der Waals surface area contributed by atoms with Crippen molar-refractivity contribution in [2.75, 3.05) is 32.8 Å². The van der Waals surface area contributed by atoms with Gasteiger partial charge in [-0.25, -0.2) is 4.79 Å². The quantitative estimate of drug-likeness (QED) is 0.850. The molecule has 6 nitrogen and oxygen atoms in total. The van der Waals surface area contributed by atoms with Crippen LogP contribution in [0.25, 0.3) is 0 Å². The first-order valence-electron chi connectivity index (χ1n) is 8.03. The molecule has 0 aromatic heterocycles. The predicted octanol–water partition coefficient (Wildman–Crippen LogP) is 1.21. The van der Waals surface area contributed by atoms with Crippen molar-refractivity contribution in [3.8, 4) is 0 Å². The first kappa shape index (κ1) is 16.1. The molecule has 2 saturated heterocycles. The molecular weight excluding hydrogens is 270 g/mol. The lowest BCUT2D eigenvalue weighted by Gasteiger charge is -2.37. The summed E-state index contributed by atoms with van der Waals surface area (Å²) in [5, 5.41) is 3.69. The zero-order valence-electron chi connectivity index (χ0n) is 13.1.